The Hall–Kier alpha value is -4.15. The number of hydrogen-bond donors (Lipinski definition) is 4. The smallest absolute Gasteiger partial charge is 0.282 e. The zero-order chi connectivity index (χ0) is 21.7. The number of carbonyl (C=O) groups is 2. The molecule has 0 aliphatic carbocycles. The van der Waals surface area contributed by atoms with Crippen LogP contribution >= 0.6 is 0 Å². The van der Waals surface area contributed by atoms with Crippen LogP contribution in [-0.2, 0) is 0 Å². The van der Waals surface area contributed by atoms with Crippen LogP contribution in [0.5, 0.6) is 0 Å². The largest absolute Gasteiger partial charge is 0.291 e. The average Bonchev–Trinajstić information content (AvgIpc) is 3.38. The van der Waals surface area contributed by atoms with Crippen LogP contribution in [0.25, 0.3) is 0 Å². The van der Waals surface area contributed by atoms with E-state index >= 15 is 0 Å². The Morgan fingerprint density at radius 1 is 0.800 bits per heavy atom. The number of hydrazone groups is 2. The van der Waals surface area contributed by atoms with E-state index in [0.29, 0.717) is 22.8 Å². The molecule has 154 valence electrons. The lowest BCUT2D eigenvalue weighted by molar-refractivity contribution is 0.0942. The molecular formula is C19H21N9O2. The van der Waals surface area contributed by atoms with Gasteiger partial charge in [0.05, 0.1) is 22.8 Å². The zero-order valence-corrected chi connectivity index (χ0v) is 16.9. The van der Waals surface area contributed by atoms with Crippen molar-refractivity contribution in [3.05, 3.63) is 64.5 Å². The third-order valence-electron chi connectivity index (χ3n) is 4.02. The quantitative estimate of drug-likeness (QED) is 0.360. The van der Waals surface area contributed by atoms with Gasteiger partial charge in [-0.15, -0.1) is 0 Å². The van der Waals surface area contributed by atoms with Crippen LogP contribution in [0.1, 0.15) is 57.6 Å². The predicted octanol–water partition coefficient (Wildman–Crippen LogP) is 1.45. The van der Waals surface area contributed by atoms with Crippen LogP contribution < -0.4 is 10.9 Å². The van der Waals surface area contributed by atoms with E-state index in [4.69, 9.17) is 0 Å². The van der Waals surface area contributed by atoms with Crippen LogP contribution in [0.3, 0.4) is 0 Å². The summed E-state index contributed by atoms with van der Waals surface area (Å²) in [7, 11) is 0. The van der Waals surface area contributed by atoms with Gasteiger partial charge in [-0.3, -0.25) is 19.8 Å². The Morgan fingerprint density at radius 3 is 1.60 bits per heavy atom. The second-order valence-corrected chi connectivity index (χ2v) is 6.56. The lowest BCUT2D eigenvalue weighted by Crippen LogP contribution is -2.21. The summed E-state index contributed by atoms with van der Waals surface area (Å²) in [5, 5.41) is 21.3. The molecule has 11 nitrogen and oxygen atoms in total. The molecule has 3 aromatic rings. The third kappa shape index (κ3) is 5.01. The topological polar surface area (TPSA) is 153 Å². The summed E-state index contributed by atoms with van der Waals surface area (Å²) in [6.07, 6.45) is 0. The normalized spacial score (nSPS) is 12.0. The first-order valence-corrected chi connectivity index (χ1v) is 9.04. The van der Waals surface area contributed by atoms with Crippen molar-refractivity contribution in [3.63, 3.8) is 0 Å². The van der Waals surface area contributed by atoms with Gasteiger partial charge in [-0.1, -0.05) is 6.07 Å². The number of aromatic amines is 2. The third-order valence-corrected chi connectivity index (χ3v) is 4.02. The van der Waals surface area contributed by atoms with Gasteiger partial charge in [0.2, 0.25) is 0 Å². The highest BCUT2D eigenvalue weighted by molar-refractivity contribution is 6.02. The number of hydrogen-bond acceptors (Lipinski definition) is 7. The Labute approximate surface area is 172 Å². The van der Waals surface area contributed by atoms with Crippen LogP contribution in [0.4, 0.5) is 0 Å². The lowest BCUT2D eigenvalue weighted by Gasteiger charge is -2.05. The van der Waals surface area contributed by atoms with Crippen LogP contribution in [0.15, 0.2) is 40.5 Å². The summed E-state index contributed by atoms with van der Waals surface area (Å²) < 4.78 is 0. The molecule has 0 spiro atoms. The van der Waals surface area contributed by atoms with E-state index in [9.17, 15) is 9.59 Å². The van der Waals surface area contributed by atoms with Crippen molar-refractivity contribution < 1.29 is 9.59 Å². The van der Waals surface area contributed by atoms with E-state index in [1.165, 1.54) is 0 Å². The Bertz CT molecular complexity index is 1050. The molecule has 2 amide bonds. The highest BCUT2D eigenvalue weighted by Crippen LogP contribution is 2.04. The molecule has 0 aromatic carbocycles. The molecule has 0 aliphatic heterocycles. The number of carbonyl (C=O) groups excluding carboxylic acids is 2. The molecule has 0 fully saturated rings. The predicted molar refractivity (Wildman–Crippen MR) is 110 cm³/mol. The first-order valence-electron chi connectivity index (χ1n) is 9.04. The molecular weight excluding hydrogens is 386 g/mol. The van der Waals surface area contributed by atoms with Gasteiger partial charge in [0.25, 0.3) is 11.8 Å². The number of nitrogens with zero attached hydrogens (tertiary/aromatic N) is 5. The summed E-state index contributed by atoms with van der Waals surface area (Å²) in [4.78, 5) is 28.6. The fraction of sp³-hybridized carbons (Fsp3) is 0.211. The maximum absolute atomic E-state index is 12.0. The molecule has 0 atom stereocenters. The first kappa shape index (κ1) is 20.6. The zero-order valence-electron chi connectivity index (χ0n) is 16.9. The summed E-state index contributed by atoms with van der Waals surface area (Å²) in [5.41, 5.74) is 9.05. The Balaban J connectivity index is 1.68. The summed E-state index contributed by atoms with van der Waals surface area (Å²) in [5.74, 6) is -0.854. The minimum atomic E-state index is -0.427. The van der Waals surface area contributed by atoms with Gasteiger partial charge in [0.1, 0.15) is 0 Å². The van der Waals surface area contributed by atoms with Crippen molar-refractivity contribution in [2.45, 2.75) is 27.7 Å². The number of nitrogens with one attached hydrogen (secondary N) is 4. The minimum absolute atomic E-state index is 0.247. The molecule has 0 saturated carbocycles. The van der Waals surface area contributed by atoms with E-state index in [1.807, 2.05) is 0 Å². The Morgan fingerprint density at radius 2 is 1.23 bits per heavy atom. The second kappa shape index (κ2) is 8.90. The van der Waals surface area contributed by atoms with Crippen LogP contribution in [0.2, 0.25) is 0 Å². The van der Waals surface area contributed by atoms with Crippen molar-refractivity contribution in [1.82, 2.24) is 36.2 Å². The van der Waals surface area contributed by atoms with Gasteiger partial charge in [-0.2, -0.15) is 20.4 Å². The number of aromatic nitrogens is 5. The second-order valence-electron chi connectivity index (χ2n) is 6.56. The van der Waals surface area contributed by atoms with Crippen LogP contribution in [0, 0.1) is 13.8 Å². The first-order chi connectivity index (χ1) is 14.3. The maximum atomic E-state index is 12.0. The van der Waals surface area contributed by atoms with Crippen molar-refractivity contribution >= 4 is 23.2 Å². The molecule has 0 radical (unpaired) electrons. The number of rotatable bonds is 6. The summed E-state index contributed by atoms with van der Waals surface area (Å²) in [6, 6.07) is 8.54. The highest BCUT2D eigenvalue weighted by atomic mass is 16.2. The molecule has 0 unspecified atom stereocenters. The molecule has 3 heterocycles. The van der Waals surface area contributed by atoms with Gasteiger partial charge < -0.3 is 0 Å². The molecule has 30 heavy (non-hydrogen) atoms. The molecule has 11 heteroatoms. The van der Waals surface area contributed by atoms with Crippen LogP contribution in [-0.4, -0.2) is 48.6 Å². The number of pyridine rings is 1. The summed E-state index contributed by atoms with van der Waals surface area (Å²) in [6.45, 7) is 7.04. The molecule has 0 saturated heterocycles. The number of amides is 2. The van der Waals surface area contributed by atoms with Crippen molar-refractivity contribution in [1.29, 1.82) is 0 Å². The Kier molecular flexibility index (Phi) is 6.11. The average molecular weight is 407 g/mol. The van der Waals surface area contributed by atoms with E-state index in [-0.39, 0.29) is 11.4 Å². The minimum Gasteiger partial charge on any atom is -0.282 e. The van der Waals surface area contributed by atoms with Gasteiger partial charge in [0, 0.05) is 11.4 Å². The molecule has 0 bridgehead atoms. The fourth-order valence-electron chi connectivity index (χ4n) is 2.40. The fourth-order valence-corrected chi connectivity index (χ4v) is 2.40. The highest BCUT2D eigenvalue weighted by Gasteiger charge is 2.11. The monoisotopic (exact) mass is 407 g/mol. The maximum Gasteiger partial charge on any atom is 0.291 e. The van der Waals surface area contributed by atoms with E-state index < -0.39 is 11.8 Å². The number of aryl methyl sites for hydroxylation is 2. The molecule has 0 aliphatic rings. The SMILES string of the molecule is C/C(=N\NC(=O)c1cc(C)[nH]n1)c1cccc(/C(C)=N/NC(=O)c2cc(C)[nH]n2)n1. The van der Waals surface area contributed by atoms with Gasteiger partial charge >= 0.3 is 0 Å². The van der Waals surface area contributed by atoms with E-state index in [1.54, 1.807) is 58.0 Å². The summed E-state index contributed by atoms with van der Waals surface area (Å²) >= 11 is 0. The van der Waals surface area contributed by atoms with Crippen molar-refractivity contribution in [3.8, 4) is 0 Å². The van der Waals surface area contributed by atoms with Gasteiger partial charge in [-0.05, 0) is 52.0 Å². The van der Waals surface area contributed by atoms with E-state index in [2.05, 4.69) is 46.4 Å². The molecule has 4 N–H and O–H groups in total. The van der Waals surface area contributed by atoms with Gasteiger partial charge in [0.15, 0.2) is 11.4 Å². The van der Waals surface area contributed by atoms with Crippen molar-refractivity contribution in [2.75, 3.05) is 0 Å². The number of H-pyrrole nitrogens is 2. The molecule has 3 rings (SSSR count). The lowest BCUT2D eigenvalue weighted by atomic mass is 10.2. The standard InChI is InChI=1S/C19H21N9O2/c1-10-8-16(25-21-10)18(29)27-23-12(3)14-6-5-7-15(20-14)13(4)24-28-19(30)17-9-11(2)22-26-17/h5-9H,1-4H3,(H,21,25)(H,22,26)(H,27,29)(H,28,30)/b23-12+,24-13+. The van der Waals surface area contributed by atoms with Crippen molar-refractivity contribution in [2.24, 2.45) is 10.2 Å². The van der Waals surface area contributed by atoms with E-state index in [0.717, 1.165) is 11.4 Å². The van der Waals surface area contributed by atoms with Gasteiger partial charge in [-0.25, -0.2) is 15.8 Å². The molecule has 3 aromatic heterocycles.